The second-order valence-corrected chi connectivity index (χ2v) is 6.42. The number of carbonyl (C=O) groups is 2. The van der Waals surface area contributed by atoms with Crippen molar-refractivity contribution in [3.8, 4) is 11.4 Å². The molecular weight excluding hydrogens is 348 g/mol. The molecule has 6 nitrogen and oxygen atoms in total. The van der Waals surface area contributed by atoms with E-state index in [1.807, 2.05) is 35.8 Å². The number of amides is 2. The Morgan fingerprint density at radius 1 is 1.19 bits per heavy atom. The maximum Gasteiger partial charge on any atom is 0.247 e. The third kappa shape index (κ3) is 4.67. The van der Waals surface area contributed by atoms with Crippen molar-refractivity contribution >= 4 is 34.0 Å². The molecule has 0 unspecified atom stereocenters. The van der Waals surface area contributed by atoms with E-state index >= 15 is 0 Å². The summed E-state index contributed by atoms with van der Waals surface area (Å²) in [5.74, 6) is -0.333. The van der Waals surface area contributed by atoms with Gasteiger partial charge in [0, 0.05) is 23.7 Å². The molecule has 0 radical (unpaired) electrons. The summed E-state index contributed by atoms with van der Waals surface area (Å²) in [5.41, 5.74) is 3.45. The van der Waals surface area contributed by atoms with Crippen molar-refractivity contribution < 1.29 is 9.59 Å². The van der Waals surface area contributed by atoms with Gasteiger partial charge in [-0.3, -0.25) is 9.59 Å². The van der Waals surface area contributed by atoms with Gasteiger partial charge in [-0.05, 0) is 42.3 Å². The van der Waals surface area contributed by atoms with Crippen LogP contribution in [0.1, 0.15) is 12.0 Å². The number of carbonyl (C=O) groups excluding carboxylic acids is 2. The Bertz CT molecular complexity index is 898. The fraction of sp³-hybridized carbons (Fsp3) is 0.105. The molecule has 0 aliphatic heterocycles. The molecule has 2 amide bonds. The maximum absolute atomic E-state index is 12.1. The molecule has 3 rings (SSSR count). The maximum atomic E-state index is 12.1. The zero-order chi connectivity index (χ0) is 18.4. The van der Waals surface area contributed by atoms with Gasteiger partial charge in [-0.2, -0.15) is 0 Å². The van der Waals surface area contributed by atoms with Crippen molar-refractivity contribution in [2.45, 2.75) is 12.8 Å². The van der Waals surface area contributed by atoms with Crippen LogP contribution in [0.5, 0.6) is 0 Å². The average Bonchev–Trinajstić information content (AvgIpc) is 3.32. The minimum absolute atomic E-state index is 0.0820. The highest BCUT2D eigenvalue weighted by Crippen LogP contribution is 2.23. The largest absolute Gasteiger partial charge is 0.360 e. The molecule has 3 aromatic rings. The molecule has 0 spiro atoms. The lowest BCUT2D eigenvalue weighted by Gasteiger charge is -2.05. The van der Waals surface area contributed by atoms with Crippen LogP contribution in [-0.4, -0.2) is 21.8 Å². The Labute approximate surface area is 155 Å². The Hall–Kier alpha value is -3.19. The van der Waals surface area contributed by atoms with Crippen LogP contribution < -0.4 is 10.6 Å². The summed E-state index contributed by atoms with van der Waals surface area (Å²) in [4.78, 5) is 30.8. The number of aromatic nitrogens is 2. The lowest BCUT2D eigenvalue weighted by molar-refractivity contribution is -0.116. The van der Waals surface area contributed by atoms with E-state index < -0.39 is 0 Å². The summed E-state index contributed by atoms with van der Waals surface area (Å²) >= 11 is 1.40. The van der Waals surface area contributed by atoms with Gasteiger partial charge in [0.15, 0.2) is 5.13 Å². The normalized spacial score (nSPS) is 10.3. The van der Waals surface area contributed by atoms with Gasteiger partial charge in [0.2, 0.25) is 11.8 Å². The monoisotopic (exact) mass is 366 g/mol. The minimum Gasteiger partial charge on any atom is -0.360 e. The topological polar surface area (TPSA) is 86.9 Å². The molecule has 0 atom stereocenters. The molecule has 0 saturated carbocycles. The third-order valence-electron chi connectivity index (χ3n) is 3.67. The van der Waals surface area contributed by atoms with Gasteiger partial charge in [-0.25, -0.2) is 4.98 Å². The zero-order valence-corrected chi connectivity index (χ0v) is 14.8. The van der Waals surface area contributed by atoms with Crippen molar-refractivity contribution in [2.24, 2.45) is 0 Å². The SMILES string of the molecule is C=CC(=O)Nc1ccc(CCC(=O)Nc2nc(-c3ccc[nH]3)cs2)cc1. The average molecular weight is 366 g/mol. The van der Waals surface area contributed by atoms with Crippen LogP contribution in [0.3, 0.4) is 0 Å². The van der Waals surface area contributed by atoms with Crippen LogP contribution in [-0.2, 0) is 16.0 Å². The summed E-state index contributed by atoms with van der Waals surface area (Å²) in [6, 6.07) is 11.2. The Kier molecular flexibility index (Phi) is 5.60. The molecular formula is C19H18N4O2S. The summed E-state index contributed by atoms with van der Waals surface area (Å²) in [5, 5.41) is 8.00. The van der Waals surface area contributed by atoms with Crippen molar-refractivity contribution in [3.05, 3.63) is 66.2 Å². The van der Waals surface area contributed by atoms with Crippen LogP contribution in [0.4, 0.5) is 10.8 Å². The molecule has 3 N–H and O–H groups in total. The summed E-state index contributed by atoms with van der Waals surface area (Å²) in [6.07, 6.45) is 4.02. The molecule has 26 heavy (non-hydrogen) atoms. The van der Waals surface area contributed by atoms with Crippen LogP contribution in [0.25, 0.3) is 11.4 Å². The van der Waals surface area contributed by atoms with Crippen LogP contribution in [0.15, 0.2) is 60.6 Å². The minimum atomic E-state index is -0.251. The van der Waals surface area contributed by atoms with Crippen LogP contribution in [0, 0.1) is 0 Å². The molecule has 2 aromatic heterocycles. The number of H-pyrrole nitrogens is 1. The first-order chi connectivity index (χ1) is 12.6. The molecule has 132 valence electrons. The molecule has 0 aliphatic rings. The van der Waals surface area contributed by atoms with Gasteiger partial charge < -0.3 is 15.6 Å². The van der Waals surface area contributed by atoms with Crippen molar-refractivity contribution in [1.29, 1.82) is 0 Å². The van der Waals surface area contributed by atoms with Crippen molar-refractivity contribution in [3.63, 3.8) is 0 Å². The number of nitrogens with zero attached hydrogens (tertiary/aromatic N) is 1. The van der Waals surface area contributed by atoms with E-state index in [1.165, 1.54) is 17.4 Å². The second kappa shape index (κ2) is 8.26. The highest BCUT2D eigenvalue weighted by Gasteiger charge is 2.09. The first-order valence-corrected chi connectivity index (χ1v) is 8.93. The lowest BCUT2D eigenvalue weighted by atomic mass is 10.1. The van der Waals surface area contributed by atoms with Gasteiger partial charge in [0.1, 0.15) is 0 Å². The summed E-state index contributed by atoms with van der Waals surface area (Å²) in [6.45, 7) is 3.41. The molecule has 0 saturated heterocycles. The van der Waals surface area contributed by atoms with Gasteiger partial charge in [-0.1, -0.05) is 18.7 Å². The van der Waals surface area contributed by atoms with Crippen molar-refractivity contribution in [1.82, 2.24) is 9.97 Å². The first-order valence-electron chi connectivity index (χ1n) is 8.05. The van der Waals surface area contributed by atoms with E-state index in [2.05, 4.69) is 27.2 Å². The number of hydrogen-bond donors (Lipinski definition) is 3. The van der Waals surface area contributed by atoms with Gasteiger partial charge in [-0.15, -0.1) is 11.3 Å². The standard InChI is InChI=1S/C19H18N4O2S/c1-2-17(24)21-14-8-5-13(6-9-14)7-10-18(25)23-19-22-16(12-26-19)15-4-3-11-20-15/h2-6,8-9,11-12,20H,1,7,10H2,(H,21,24)(H,22,23,25). The van der Waals surface area contributed by atoms with Crippen molar-refractivity contribution in [2.75, 3.05) is 10.6 Å². The quantitative estimate of drug-likeness (QED) is 0.555. The fourth-order valence-electron chi connectivity index (χ4n) is 2.33. The smallest absolute Gasteiger partial charge is 0.247 e. The number of nitrogens with one attached hydrogen (secondary N) is 3. The first kappa shape index (κ1) is 17.6. The number of benzene rings is 1. The highest BCUT2D eigenvalue weighted by atomic mass is 32.1. The number of aromatic amines is 1. The van der Waals surface area contributed by atoms with E-state index in [4.69, 9.17) is 0 Å². The second-order valence-electron chi connectivity index (χ2n) is 5.56. The molecule has 0 fully saturated rings. The van der Waals surface area contributed by atoms with E-state index in [-0.39, 0.29) is 11.8 Å². The fourth-order valence-corrected chi connectivity index (χ4v) is 3.06. The predicted molar refractivity (Wildman–Crippen MR) is 104 cm³/mol. The number of thiazole rings is 1. The summed E-state index contributed by atoms with van der Waals surface area (Å²) in [7, 11) is 0. The van der Waals surface area contributed by atoms with Gasteiger partial charge in [0.25, 0.3) is 0 Å². The highest BCUT2D eigenvalue weighted by molar-refractivity contribution is 7.14. The molecule has 1 aromatic carbocycles. The summed E-state index contributed by atoms with van der Waals surface area (Å²) < 4.78 is 0. The molecule has 7 heteroatoms. The number of hydrogen-bond acceptors (Lipinski definition) is 4. The number of rotatable bonds is 7. The number of anilines is 2. The Balaban J connectivity index is 1.49. The van der Waals surface area contributed by atoms with E-state index in [0.717, 1.165) is 17.0 Å². The van der Waals surface area contributed by atoms with E-state index in [9.17, 15) is 9.59 Å². The van der Waals surface area contributed by atoms with Gasteiger partial charge >= 0.3 is 0 Å². The Morgan fingerprint density at radius 3 is 2.69 bits per heavy atom. The third-order valence-corrected chi connectivity index (χ3v) is 4.43. The molecule has 0 aliphatic carbocycles. The Morgan fingerprint density at radius 2 is 2.00 bits per heavy atom. The van der Waals surface area contributed by atoms with Crippen LogP contribution in [0.2, 0.25) is 0 Å². The van der Waals surface area contributed by atoms with E-state index in [1.54, 1.807) is 12.1 Å². The van der Waals surface area contributed by atoms with Gasteiger partial charge in [0.05, 0.1) is 11.4 Å². The zero-order valence-electron chi connectivity index (χ0n) is 14.0. The molecule has 2 heterocycles. The van der Waals surface area contributed by atoms with E-state index in [0.29, 0.717) is 23.7 Å². The lowest BCUT2D eigenvalue weighted by Crippen LogP contribution is -2.12. The number of aryl methyl sites for hydroxylation is 1. The predicted octanol–water partition coefficient (Wildman–Crippen LogP) is 3.83. The van der Waals surface area contributed by atoms with Crippen LogP contribution >= 0.6 is 11.3 Å². The molecule has 0 bridgehead atoms.